The number of nitrogens with one attached hydrogen (secondary N) is 2. The highest BCUT2D eigenvalue weighted by Gasteiger charge is 2.07. The monoisotopic (exact) mass is 259 g/mol. The Labute approximate surface area is 114 Å². The molecule has 0 rings (SSSR count). The molecule has 0 saturated carbocycles. The first kappa shape index (κ1) is 19.6. The second-order valence-corrected chi connectivity index (χ2v) is 4.90. The van der Waals surface area contributed by atoms with E-state index in [0.717, 1.165) is 25.4 Å². The molecule has 0 spiro atoms. The van der Waals surface area contributed by atoms with Crippen LogP contribution in [0.5, 0.6) is 0 Å². The summed E-state index contributed by atoms with van der Waals surface area (Å²) in [6, 6.07) is 0.124. The Hall–Kier alpha value is -0.770. The van der Waals surface area contributed by atoms with Crippen molar-refractivity contribution in [2.75, 3.05) is 27.2 Å². The van der Waals surface area contributed by atoms with Crippen molar-refractivity contribution in [2.45, 2.75) is 53.5 Å². The lowest BCUT2D eigenvalue weighted by atomic mass is 10.1. The molecular formula is C14H33N3O. The van der Waals surface area contributed by atoms with Crippen LogP contribution in [0.4, 0.5) is 4.79 Å². The van der Waals surface area contributed by atoms with Crippen molar-refractivity contribution < 1.29 is 4.79 Å². The first-order chi connectivity index (χ1) is 8.45. The van der Waals surface area contributed by atoms with Crippen molar-refractivity contribution in [3.8, 4) is 0 Å². The number of hydrogen-bond acceptors (Lipinski definition) is 2. The SMILES string of the molecule is CC.CNC(=O)NC(C)CCN(C)CCC(C)C. The van der Waals surface area contributed by atoms with Crippen molar-refractivity contribution in [2.24, 2.45) is 5.92 Å². The summed E-state index contributed by atoms with van der Waals surface area (Å²) < 4.78 is 0. The summed E-state index contributed by atoms with van der Waals surface area (Å²) in [6.07, 6.45) is 2.22. The topological polar surface area (TPSA) is 44.4 Å². The molecule has 110 valence electrons. The van der Waals surface area contributed by atoms with Gasteiger partial charge in [-0.2, -0.15) is 0 Å². The number of hydrogen-bond donors (Lipinski definition) is 2. The van der Waals surface area contributed by atoms with E-state index in [-0.39, 0.29) is 12.1 Å². The molecule has 0 aromatic carbocycles. The molecule has 2 amide bonds. The largest absolute Gasteiger partial charge is 0.341 e. The fourth-order valence-electron chi connectivity index (χ4n) is 1.37. The van der Waals surface area contributed by atoms with Gasteiger partial charge in [0.1, 0.15) is 0 Å². The number of urea groups is 1. The van der Waals surface area contributed by atoms with E-state index in [1.807, 2.05) is 20.8 Å². The maximum Gasteiger partial charge on any atom is 0.314 e. The highest BCUT2D eigenvalue weighted by Crippen LogP contribution is 2.01. The standard InChI is InChI=1S/C12H27N3O.C2H6/c1-10(2)6-8-15(5)9-7-11(3)14-12(16)13-4;1-2/h10-11H,6-9H2,1-5H3,(H2,13,14,16);1-2H3. The zero-order valence-corrected chi connectivity index (χ0v) is 13.3. The molecule has 1 atom stereocenters. The van der Waals surface area contributed by atoms with Gasteiger partial charge in [0.15, 0.2) is 0 Å². The minimum atomic E-state index is -0.0997. The molecule has 0 aliphatic rings. The molecule has 0 saturated heterocycles. The Morgan fingerprint density at radius 2 is 1.61 bits per heavy atom. The molecule has 2 N–H and O–H groups in total. The molecule has 0 aliphatic carbocycles. The number of nitrogens with zero attached hydrogens (tertiary/aromatic N) is 1. The summed E-state index contributed by atoms with van der Waals surface area (Å²) in [5, 5.41) is 5.43. The van der Waals surface area contributed by atoms with E-state index in [4.69, 9.17) is 0 Å². The van der Waals surface area contributed by atoms with Gasteiger partial charge in [0, 0.05) is 13.1 Å². The van der Waals surface area contributed by atoms with E-state index >= 15 is 0 Å². The van der Waals surface area contributed by atoms with Crippen molar-refractivity contribution in [3.05, 3.63) is 0 Å². The summed E-state index contributed by atoms with van der Waals surface area (Å²) in [6.45, 7) is 12.7. The highest BCUT2D eigenvalue weighted by molar-refractivity contribution is 5.73. The van der Waals surface area contributed by atoms with E-state index in [1.165, 1.54) is 6.42 Å². The Kier molecular flexibility index (Phi) is 13.8. The summed E-state index contributed by atoms with van der Waals surface area (Å²) in [5.41, 5.74) is 0. The van der Waals surface area contributed by atoms with Crippen LogP contribution in [0.3, 0.4) is 0 Å². The molecule has 0 aromatic rings. The third-order valence-corrected chi connectivity index (χ3v) is 2.64. The summed E-state index contributed by atoms with van der Waals surface area (Å²) in [4.78, 5) is 13.4. The van der Waals surface area contributed by atoms with Crippen LogP contribution in [0.15, 0.2) is 0 Å². The van der Waals surface area contributed by atoms with Gasteiger partial charge in [0.25, 0.3) is 0 Å². The van der Waals surface area contributed by atoms with E-state index in [9.17, 15) is 4.79 Å². The minimum absolute atomic E-state index is 0.0997. The minimum Gasteiger partial charge on any atom is -0.341 e. The third-order valence-electron chi connectivity index (χ3n) is 2.64. The Balaban J connectivity index is 0. The molecule has 1 unspecified atom stereocenters. The molecule has 0 aliphatic heterocycles. The number of carbonyl (C=O) groups excluding carboxylic acids is 1. The van der Waals surface area contributed by atoms with E-state index in [0.29, 0.717) is 0 Å². The van der Waals surface area contributed by atoms with Crippen LogP contribution in [0.1, 0.15) is 47.5 Å². The molecule has 4 nitrogen and oxygen atoms in total. The molecule has 0 bridgehead atoms. The number of rotatable bonds is 7. The zero-order valence-electron chi connectivity index (χ0n) is 13.3. The maximum atomic E-state index is 11.0. The van der Waals surface area contributed by atoms with Crippen LogP contribution in [-0.2, 0) is 0 Å². The van der Waals surface area contributed by atoms with Gasteiger partial charge in [-0.15, -0.1) is 0 Å². The van der Waals surface area contributed by atoms with Gasteiger partial charge in [-0.05, 0) is 45.8 Å². The smallest absolute Gasteiger partial charge is 0.314 e. The number of amides is 2. The predicted molar refractivity (Wildman–Crippen MR) is 80.0 cm³/mol. The van der Waals surface area contributed by atoms with Crippen LogP contribution in [0, 0.1) is 5.92 Å². The van der Waals surface area contributed by atoms with Crippen LogP contribution in [0.25, 0.3) is 0 Å². The van der Waals surface area contributed by atoms with Gasteiger partial charge in [-0.3, -0.25) is 0 Å². The van der Waals surface area contributed by atoms with E-state index in [1.54, 1.807) is 7.05 Å². The molecule has 0 radical (unpaired) electrons. The fourth-order valence-corrected chi connectivity index (χ4v) is 1.37. The highest BCUT2D eigenvalue weighted by atomic mass is 16.2. The van der Waals surface area contributed by atoms with Crippen molar-refractivity contribution in [1.82, 2.24) is 15.5 Å². The van der Waals surface area contributed by atoms with Gasteiger partial charge in [-0.1, -0.05) is 27.7 Å². The van der Waals surface area contributed by atoms with Crippen LogP contribution in [-0.4, -0.2) is 44.2 Å². The van der Waals surface area contributed by atoms with Gasteiger partial charge in [-0.25, -0.2) is 4.79 Å². The second-order valence-electron chi connectivity index (χ2n) is 4.90. The lowest BCUT2D eigenvalue weighted by Gasteiger charge is -2.20. The van der Waals surface area contributed by atoms with Gasteiger partial charge in [0.05, 0.1) is 0 Å². The molecule has 0 aromatic heterocycles. The molecule has 0 fully saturated rings. The molecule has 18 heavy (non-hydrogen) atoms. The lowest BCUT2D eigenvalue weighted by Crippen LogP contribution is -2.40. The first-order valence-corrected chi connectivity index (χ1v) is 7.12. The van der Waals surface area contributed by atoms with Crippen molar-refractivity contribution in [3.63, 3.8) is 0 Å². The normalized spacial score (nSPS) is 11.8. The zero-order chi connectivity index (χ0) is 14.6. The molecule has 0 heterocycles. The van der Waals surface area contributed by atoms with Gasteiger partial charge in [0.2, 0.25) is 0 Å². The first-order valence-electron chi connectivity index (χ1n) is 7.12. The van der Waals surface area contributed by atoms with Crippen LogP contribution >= 0.6 is 0 Å². The van der Waals surface area contributed by atoms with Gasteiger partial charge < -0.3 is 15.5 Å². The van der Waals surface area contributed by atoms with Crippen molar-refractivity contribution >= 4 is 6.03 Å². The summed E-state index contributed by atoms with van der Waals surface area (Å²) >= 11 is 0. The maximum absolute atomic E-state index is 11.0. The molecule has 4 heteroatoms. The van der Waals surface area contributed by atoms with E-state index < -0.39 is 0 Å². The van der Waals surface area contributed by atoms with E-state index in [2.05, 4.69) is 36.4 Å². The predicted octanol–water partition coefficient (Wildman–Crippen LogP) is 2.70. The quantitative estimate of drug-likeness (QED) is 0.738. The summed E-state index contributed by atoms with van der Waals surface area (Å²) in [5.74, 6) is 0.754. The Bertz CT molecular complexity index is 195. The average molecular weight is 259 g/mol. The van der Waals surface area contributed by atoms with Crippen LogP contribution in [0.2, 0.25) is 0 Å². The Morgan fingerprint density at radius 1 is 1.11 bits per heavy atom. The second kappa shape index (κ2) is 12.7. The average Bonchev–Trinajstić information content (AvgIpc) is 2.36. The summed E-state index contributed by atoms with van der Waals surface area (Å²) in [7, 11) is 3.77. The van der Waals surface area contributed by atoms with Crippen LogP contribution < -0.4 is 10.6 Å². The van der Waals surface area contributed by atoms with Gasteiger partial charge >= 0.3 is 6.03 Å². The van der Waals surface area contributed by atoms with Crippen molar-refractivity contribution in [1.29, 1.82) is 0 Å². The number of carbonyl (C=O) groups is 1. The lowest BCUT2D eigenvalue weighted by molar-refractivity contribution is 0.236. The molecular weight excluding hydrogens is 226 g/mol. The fraction of sp³-hybridized carbons (Fsp3) is 0.929. The third kappa shape index (κ3) is 13.3. The Morgan fingerprint density at radius 3 is 2.06 bits per heavy atom.